The summed E-state index contributed by atoms with van der Waals surface area (Å²) < 4.78 is 0. The van der Waals surface area contributed by atoms with Gasteiger partial charge in [-0.05, 0) is 80.5 Å². The molecule has 0 spiro atoms. The van der Waals surface area contributed by atoms with E-state index in [0.717, 1.165) is 24.3 Å². The molecule has 0 aliphatic heterocycles. The van der Waals surface area contributed by atoms with Gasteiger partial charge in [0.15, 0.2) is 0 Å². The van der Waals surface area contributed by atoms with Crippen molar-refractivity contribution in [2.24, 2.45) is 17.8 Å². The Morgan fingerprint density at radius 1 is 1.15 bits per heavy atom. The molecule has 110 valence electrons. The highest BCUT2D eigenvalue weighted by Crippen LogP contribution is 2.51. The van der Waals surface area contributed by atoms with Crippen molar-refractivity contribution in [2.45, 2.75) is 58.9 Å². The fraction of sp³-hybridized carbons (Fsp3) is 0.684. The second kappa shape index (κ2) is 5.89. The summed E-state index contributed by atoms with van der Waals surface area (Å²) in [7, 11) is 0. The van der Waals surface area contributed by atoms with Crippen LogP contribution in [0.1, 0.15) is 61.8 Å². The van der Waals surface area contributed by atoms with Gasteiger partial charge < -0.3 is 5.32 Å². The van der Waals surface area contributed by atoms with Crippen LogP contribution >= 0.6 is 0 Å². The van der Waals surface area contributed by atoms with Crippen LogP contribution in [0.2, 0.25) is 0 Å². The molecule has 0 amide bonds. The predicted octanol–water partition coefficient (Wildman–Crippen LogP) is 4.78. The Bertz CT molecular complexity index is 445. The summed E-state index contributed by atoms with van der Waals surface area (Å²) in [5.41, 5.74) is 4.48. The average molecular weight is 271 g/mol. The van der Waals surface area contributed by atoms with E-state index in [1.54, 1.807) is 5.56 Å². The van der Waals surface area contributed by atoms with E-state index in [9.17, 15) is 0 Å². The minimum atomic E-state index is 0.561. The van der Waals surface area contributed by atoms with Crippen LogP contribution in [0.3, 0.4) is 0 Å². The van der Waals surface area contributed by atoms with Gasteiger partial charge in [0.25, 0.3) is 0 Å². The minimum Gasteiger partial charge on any atom is -0.310 e. The number of nitrogens with one attached hydrogen (secondary N) is 1. The molecule has 0 radical (unpaired) electrons. The Morgan fingerprint density at radius 2 is 1.90 bits per heavy atom. The second-order valence-corrected chi connectivity index (χ2v) is 7.09. The number of aryl methyl sites for hydroxylation is 2. The summed E-state index contributed by atoms with van der Waals surface area (Å²) in [5, 5.41) is 3.77. The van der Waals surface area contributed by atoms with E-state index in [2.05, 4.69) is 44.3 Å². The molecule has 20 heavy (non-hydrogen) atoms. The first-order valence-corrected chi connectivity index (χ1v) is 8.48. The number of benzene rings is 1. The smallest absolute Gasteiger partial charge is 0.0328 e. The monoisotopic (exact) mass is 271 g/mol. The normalized spacial score (nSPS) is 29.9. The zero-order chi connectivity index (χ0) is 14.1. The molecule has 2 saturated carbocycles. The third-order valence-electron chi connectivity index (χ3n) is 5.76. The van der Waals surface area contributed by atoms with E-state index in [1.165, 1.54) is 43.2 Å². The lowest BCUT2D eigenvalue weighted by Gasteiger charge is -2.29. The third kappa shape index (κ3) is 2.65. The highest BCUT2D eigenvalue weighted by Gasteiger charge is 2.40. The molecule has 1 N–H and O–H groups in total. The quantitative estimate of drug-likeness (QED) is 0.812. The van der Waals surface area contributed by atoms with Crippen LogP contribution in [0.5, 0.6) is 0 Å². The maximum atomic E-state index is 3.77. The zero-order valence-corrected chi connectivity index (χ0v) is 13.3. The van der Waals surface area contributed by atoms with Crippen molar-refractivity contribution in [1.82, 2.24) is 5.32 Å². The lowest BCUT2D eigenvalue weighted by molar-refractivity contribution is 0.280. The minimum absolute atomic E-state index is 0.561. The van der Waals surface area contributed by atoms with E-state index in [0.29, 0.717) is 6.04 Å². The molecule has 4 unspecified atom stereocenters. The molecular weight excluding hydrogens is 242 g/mol. The summed E-state index contributed by atoms with van der Waals surface area (Å²) in [5.74, 6) is 3.06. The molecule has 3 rings (SSSR count). The SMILES string of the molecule is CCNC(CC1CC2CCC1C2)c1c(C)cccc1C. The van der Waals surface area contributed by atoms with Crippen LogP contribution in [0.15, 0.2) is 18.2 Å². The van der Waals surface area contributed by atoms with Crippen LogP contribution in [-0.2, 0) is 0 Å². The van der Waals surface area contributed by atoms with Crippen molar-refractivity contribution in [1.29, 1.82) is 0 Å². The number of hydrogen-bond donors (Lipinski definition) is 1. The van der Waals surface area contributed by atoms with E-state index in [1.807, 2.05) is 0 Å². The molecule has 1 nitrogen and oxygen atoms in total. The van der Waals surface area contributed by atoms with Crippen molar-refractivity contribution in [3.05, 3.63) is 34.9 Å². The molecule has 2 fully saturated rings. The Morgan fingerprint density at radius 3 is 2.45 bits per heavy atom. The molecular formula is C19H29N. The van der Waals surface area contributed by atoms with E-state index >= 15 is 0 Å². The van der Waals surface area contributed by atoms with E-state index in [4.69, 9.17) is 0 Å². The van der Waals surface area contributed by atoms with Crippen LogP contribution in [-0.4, -0.2) is 6.54 Å². The fourth-order valence-electron chi connectivity index (χ4n) is 4.89. The van der Waals surface area contributed by atoms with Crippen molar-refractivity contribution >= 4 is 0 Å². The maximum Gasteiger partial charge on any atom is 0.0328 e. The second-order valence-electron chi connectivity index (χ2n) is 7.09. The molecule has 0 heterocycles. The molecule has 0 aromatic heterocycles. The first-order valence-electron chi connectivity index (χ1n) is 8.48. The van der Waals surface area contributed by atoms with Crippen molar-refractivity contribution < 1.29 is 0 Å². The summed E-state index contributed by atoms with van der Waals surface area (Å²) in [4.78, 5) is 0. The maximum absolute atomic E-state index is 3.77. The van der Waals surface area contributed by atoms with Crippen LogP contribution < -0.4 is 5.32 Å². The molecule has 1 heteroatoms. The van der Waals surface area contributed by atoms with Crippen molar-refractivity contribution in [2.75, 3.05) is 6.54 Å². The standard InChI is InChI=1S/C19H29N/c1-4-20-18(19-13(2)6-5-7-14(19)3)12-17-11-15-8-9-16(17)10-15/h5-7,15-18,20H,4,8-12H2,1-3H3. The molecule has 2 bridgehead atoms. The number of fused-ring (bicyclic) bond motifs is 2. The van der Waals surface area contributed by atoms with Gasteiger partial charge in [-0.15, -0.1) is 0 Å². The number of hydrogen-bond acceptors (Lipinski definition) is 1. The van der Waals surface area contributed by atoms with Crippen LogP contribution in [0.25, 0.3) is 0 Å². The molecule has 2 aliphatic carbocycles. The van der Waals surface area contributed by atoms with Gasteiger partial charge in [-0.1, -0.05) is 31.5 Å². The van der Waals surface area contributed by atoms with Gasteiger partial charge in [-0.3, -0.25) is 0 Å². The van der Waals surface area contributed by atoms with Crippen molar-refractivity contribution in [3.8, 4) is 0 Å². The predicted molar refractivity (Wildman–Crippen MR) is 85.9 cm³/mol. The Kier molecular flexibility index (Phi) is 4.16. The van der Waals surface area contributed by atoms with Gasteiger partial charge in [0.2, 0.25) is 0 Å². The zero-order valence-electron chi connectivity index (χ0n) is 13.3. The first kappa shape index (κ1) is 14.1. The summed E-state index contributed by atoms with van der Waals surface area (Å²) >= 11 is 0. The average Bonchev–Trinajstić information content (AvgIpc) is 3.01. The fourth-order valence-corrected chi connectivity index (χ4v) is 4.89. The van der Waals surface area contributed by atoms with Crippen molar-refractivity contribution in [3.63, 3.8) is 0 Å². The van der Waals surface area contributed by atoms with E-state index in [-0.39, 0.29) is 0 Å². The third-order valence-corrected chi connectivity index (χ3v) is 5.76. The Labute approximate surface area is 124 Å². The van der Waals surface area contributed by atoms with Gasteiger partial charge in [0, 0.05) is 6.04 Å². The molecule has 1 aromatic carbocycles. The Hall–Kier alpha value is -0.820. The van der Waals surface area contributed by atoms with Gasteiger partial charge in [-0.2, -0.15) is 0 Å². The highest BCUT2D eigenvalue weighted by atomic mass is 14.9. The van der Waals surface area contributed by atoms with Gasteiger partial charge >= 0.3 is 0 Å². The molecule has 0 saturated heterocycles. The topological polar surface area (TPSA) is 12.0 Å². The van der Waals surface area contributed by atoms with Crippen LogP contribution in [0.4, 0.5) is 0 Å². The van der Waals surface area contributed by atoms with Crippen LogP contribution in [0, 0.1) is 31.6 Å². The molecule has 2 aliphatic rings. The van der Waals surface area contributed by atoms with Gasteiger partial charge in [-0.25, -0.2) is 0 Å². The van der Waals surface area contributed by atoms with E-state index < -0.39 is 0 Å². The highest BCUT2D eigenvalue weighted by molar-refractivity contribution is 5.36. The largest absolute Gasteiger partial charge is 0.310 e. The lowest BCUT2D eigenvalue weighted by Crippen LogP contribution is -2.26. The van der Waals surface area contributed by atoms with Gasteiger partial charge in [0.1, 0.15) is 0 Å². The molecule has 1 aromatic rings. The Balaban J connectivity index is 1.78. The molecule has 4 atom stereocenters. The first-order chi connectivity index (χ1) is 9.69. The van der Waals surface area contributed by atoms with Gasteiger partial charge in [0.05, 0.1) is 0 Å². The number of rotatable bonds is 5. The summed E-state index contributed by atoms with van der Waals surface area (Å²) in [6.07, 6.45) is 7.38. The summed E-state index contributed by atoms with van der Waals surface area (Å²) in [6.45, 7) is 7.85. The lowest BCUT2D eigenvalue weighted by atomic mass is 9.81. The summed E-state index contributed by atoms with van der Waals surface area (Å²) in [6, 6.07) is 7.29.